The van der Waals surface area contributed by atoms with Crippen LogP contribution >= 0.6 is 0 Å². The molecular weight excluding hydrogens is 438 g/mol. The molecule has 3 heterocycles. The summed E-state index contributed by atoms with van der Waals surface area (Å²) in [4.78, 5) is 0.360. The Hall–Kier alpha value is -2.39. The van der Waals surface area contributed by atoms with Crippen LogP contribution in [0.5, 0.6) is 5.75 Å². The van der Waals surface area contributed by atoms with Crippen molar-refractivity contribution in [2.75, 3.05) is 33.4 Å². The number of rotatable bonds is 4. The van der Waals surface area contributed by atoms with E-state index in [-0.39, 0.29) is 18.1 Å². The maximum Gasteiger partial charge on any atom is 0.243 e. The molecular formula is C25H31N3O4S. The standard InChI is InChI=1S/C25H31N3O4S/c1-17-5-4-6-19(13-17)33(30,31)28-11-9-25(10-12-28)16-26-21(15-29)24-23(25)20-8-7-18(32-3)14-22(20)27(24)2/h4-8,13-14,21,26,29H,9-12,15-16H2,1-3H3/t21-/m1/s1. The number of methoxy groups -OCH3 is 1. The van der Waals surface area contributed by atoms with Crippen LogP contribution < -0.4 is 10.1 Å². The molecule has 33 heavy (non-hydrogen) atoms. The lowest BCUT2D eigenvalue weighted by Gasteiger charge is -2.46. The Morgan fingerprint density at radius 3 is 2.61 bits per heavy atom. The summed E-state index contributed by atoms with van der Waals surface area (Å²) < 4.78 is 35.8. The van der Waals surface area contributed by atoms with Gasteiger partial charge in [-0.1, -0.05) is 12.1 Å². The van der Waals surface area contributed by atoms with Crippen molar-refractivity contribution in [1.29, 1.82) is 0 Å². The van der Waals surface area contributed by atoms with Crippen molar-refractivity contribution in [3.8, 4) is 5.75 Å². The van der Waals surface area contributed by atoms with E-state index in [0.717, 1.165) is 40.8 Å². The van der Waals surface area contributed by atoms with Gasteiger partial charge < -0.3 is 19.7 Å². The minimum atomic E-state index is -3.53. The second-order valence-corrected chi connectivity index (χ2v) is 11.3. The fraction of sp³-hybridized carbons (Fsp3) is 0.440. The average molecular weight is 470 g/mol. The Bertz CT molecular complexity index is 1310. The molecule has 1 aromatic heterocycles. The van der Waals surface area contributed by atoms with Crippen molar-refractivity contribution in [2.24, 2.45) is 7.05 Å². The van der Waals surface area contributed by atoms with Crippen molar-refractivity contribution in [1.82, 2.24) is 14.2 Å². The van der Waals surface area contributed by atoms with E-state index >= 15 is 0 Å². The van der Waals surface area contributed by atoms with Crippen molar-refractivity contribution < 1.29 is 18.3 Å². The SMILES string of the molecule is COc1ccc2c3c(n(C)c2c1)[C@@H](CO)NCC31CCN(S(=O)(=O)c2cccc(C)c2)CC1. The highest BCUT2D eigenvalue weighted by Crippen LogP contribution is 2.47. The Balaban J connectivity index is 1.53. The number of sulfonamides is 1. The predicted octanol–water partition coefficient (Wildman–Crippen LogP) is 2.85. The summed E-state index contributed by atoms with van der Waals surface area (Å²) in [5.74, 6) is 0.794. The number of fused-ring (bicyclic) bond motifs is 4. The summed E-state index contributed by atoms with van der Waals surface area (Å²) in [5.41, 5.74) is 4.14. The third kappa shape index (κ3) is 3.47. The number of nitrogens with zero attached hydrogens (tertiary/aromatic N) is 2. The molecule has 1 atom stereocenters. The van der Waals surface area contributed by atoms with Gasteiger partial charge in [-0.15, -0.1) is 0 Å². The molecule has 2 aromatic carbocycles. The number of ether oxygens (including phenoxy) is 1. The Morgan fingerprint density at radius 1 is 1.18 bits per heavy atom. The van der Waals surface area contributed by atoms with E-state index in [1.165, 1.54) is 5.56 Å². The van der Waals surface area contributed by atoms with E-state index in [4.69, 9.17) is 4.74 Å². The van der Waals surface area contributed by atoms with E-state index < -0.39 is 10.0 Å². The molecule has 3 aromatic rings. The third-order valence-electron chi connectivity index (χ3n) is 7.49. The van der Waals surface area contributed by atoms with Gasteiger partial charge in [0.2, 0.25) is 10.0 Å². The molecule has 1 saturated heterocycles. The third-order valence-corrected chi connectivity index (χ3v) is 9.38. The van der Waals surface area contributed by atoms with Crippen molar-refractivity contribution in [2.45, 2.75) is 36.1 Å². The number of aromatic nitrogens is 1. The summed E-state index contributed by atoms with van der Waals surface area (Å²) in [6.45, 7) is 3.57. The zero-order valence-corrected chi connectivity index (χ0v) is 20.2. The fourth-order valence-electron chi connectivity index (χ4n) is 5.69. The summed E-state index contributed by atoms with van der Waals surface area (Å²) in [6.07, 6.45) is 1.45. The molecule has 0 amide bonds. The predicted molar refractivity (Wildman–Crippen MR) is 128 cm³/mol. The summed E-state index contributed by atoms with van der Waals surface area (Å²) in [5, 5.41) is 14.8. The van der Waals surface area contributed by atoms with Gasteiger partial charge in [0, 0.05) is 49.2 Å². The van der Waals surface area contributed by atoms with Crippen LogP contribution in [0.4, 0.5) is 0 Å². The van der Waals surface area contributed by atoms with E-state index in [2.05, 4.69) is 16.0 Å². The summed E-state index contributed by atoms with van der Waals surface area (Å²) in [6, 6.07) is 13.1. The molecule has 0 radical (unpaired) electrons. The van der Waals surface area contributed by atoms with Crippen LogP contribution in [0.15, 0.2) is 47.4 Å². The maximum atomic E-state index is 13.3. The lowest BCUT2D eigenvalue weighted by Crippen LogP contribution is -2.53. The van der Waals surface area contributed by atoms with Gasteiger partial charge >= 0.3 is 0 Å². The van der Waals surface area contributed by atoms with Crippen LogP contribution in [0.25, 0.3) is 10.9 Å². The van der Waals surface area contributed by atoms with E-state index in [9.17, 15) is 13.5 Å². The monoisotopic (exact) mass is 469 g/mol. The Kier molecular flexibility index (Phi) is 5.52. The first kappa shape index (κ1) is 22.4. The second-order valence-electron chi connectivity index (χ2n) is 9.32. The largest absolute Gasteiger partial charge is 0.497 e. The van der Waals surface area contributed by atoms with Gasteiger partial charge in [-0.05, 0) is 55.2 Å². The molecule has 0 saturated carbocycles. The lowest BCUT2D eigenvalue weighted by atomic mass is 9.69. The quantitative estimate of drug-likeness (QED) is 0.614. The van der Waals surface area contributed by atoms with Gasteiger partial charge in [-0.3, -0.25) is 0 Å². The van der Waals surface area contributed by atoms with Crippen LogP contribution in [0.2, 0.25) is 0 Å². The Morgan fingerprint density at radius 2 is 1.94 bits per heavy atom. The van der Waals surface area contributed by atoms with Crippen LogP contribution in [0, 0.1) is 6.92 Å². The van der Waals surface area contributed by atoms with Crippen molar-refractivity contribution in [3.05, 3.63) is 59.3 Å². The first-order valence-electron chi connectivity index (χ1n) is 11.4. The highest BCUT2D eigenvalue weighted by Gasteiger charge is 2.46. The molecule has 0 unspecified atom stereocenters. The number of aliphatic hydroxyl groups excluding tert-OH is 1. The van der Waals surface area contributed by atoms with Crippen LogP contribution in [0.1, 0.15) is 35.7 Å². The topological polar surface area (TPSA) is 83.8 Å². The number of hydrogen-bond donors (Lipinski definition) is 2. The summed E-state index contributed by atoms with van der Waals surface area (Å²) in [7, 11) is 0.162. The fourth-order valence-corrected chi connectivity index (χ4v) is 7.24. The van der Waals surface area contributed by atoms with Gasteiger partial charge in [-0.2, -0.15) is 4.31 Å². The molecule has 176 valence electrons. The first-order chi connectivity index (χ1) is 15.8. The van der Waals surface area contributed by atoms with Gasteiger partial charge in [-0.25, -0.2) is 8.42 Å². The highest BCUT2D eigenvalue weighted by atomic mass is 32.2. The molecule has 1 spiro atoms. The first-order valence-corrected chi connectivity index (χ1v) is 12.8. The van der Waals surface area contributed by atoms with E-state index in [1.807, 2.05) is 32.2 Å². The zero-order chi connectivity index (χ0) is 23.4. The van der Waals surface area contributed by atoms with Crippen LogP contribution in [0.3, 0.4) is 0 Å². The smallest absolute Gasteiger partial charge is 0.243 e. The molecule has 5 rings (SSSR count). The minimum absolute atomic E-state index is 0.0121. The van der Waals surface area contributed by atoms with Gasteiger partial charge in [0.1, 0.15) is 5.75 Å². The zero-order valence-electron chi connectivity index (χ0n) is 19.3. The number of nitrogens with one attached hydrogen (secondary N) is 1. The van der Waals surface area contributed by atoms with Crippen LogP contribution in [-0.4, -0.2) is 55.7 Å². The molecule has 1 fully saturated rings. The lowest BCUT2D eigenvalue weighted by molar-refractivity contribution is 0.176. The average Bonchev–Trinajstić information content (AvgIpc) is 3.13. The molecule has 0 bridgehead atoms. The minimum Gasteiger partial charge on any atom is -0.497 e. The molecule has 8 heteroatoms. The molecule has 7 nitrogen and oxygen atoms in total. The summed E-state index contributed by atoms with van der Waals surface area (Å²) >= 11 is 0. The number of hydrogen-bond acceptors (Lipinski definition) is 5. The van der Waals surface area contributed by atoms with Gasteiger partial charge in [0.25, 0.3) is 0 Å². The normalized spacial score (nSPS) is 20.8. The molecule has 2 N–H and O–H groups in total. The number of piperidine rings is 1. The number of aryl methyl sites for hydroxylation is 2. The number of benzene rings is 2. The molecule has 2 aliphatic rings. The number of aliphatic hydroxyl groups is 1. The second kappa shape index (κ2) is 8.13. The van der Waals surface area contributed by atoms with Gasteiger partial charge in [0.05, 0.1) is 30.2 Å². The highest BCUT2D eigenvalue weighted by molar-refractivity contribution is 7.89. The molecule has 2 aliphatic heterocycles. The van der Waals surface area contributed by atoms with Gasteiger partial charge in [0.15, 0.2) is 0 Å². The van der Waals surface area contributed by atoms with Crippen molar-refractivity contribution >= 4 is 20.9 Å². The maximum absolute atomic E-state index is 13.3. The molecule has 0 aliphatic carbocycles. The van der Waals surface area contributed by atoms with E-state index in [0.29, 0.717) is 24.5 Å². The van der Waals surface area contributed by atoms with E-state index in [1.54, 1.807) is 29.6 Å². The van der Waals surface area contributed by atoms with Crippen molar-refractivity contribution in [3.63, 3.8) is 0 Å². The Labute approximate surface area is 195 Å². The van der Waals surface area contributed by atoms with Crippen LogP contribution in [-0.2, 0) is 22.5 Å².